The van der Waals surface area contributed by atoms with Gasteiger partial charge in [-0.2, -0.15) is 5.26 Å². The predicted molar refractivity (Wildman–Crippen MR) is 55.0 cm³/mol. The molecule has 0 radical (unpaired) electrons. The SMILES string of the molecule is Cc1ccc(NC(=O)C(C#N)N=O)cc1. The fraction of sp³-hybridized carbons (Fsp3) is 0.200. The molecule has 76 valence electrons. The van der Waals surface area contributed by atoms with E-state index in [1.807, 2.05) is 19.1 Å². The van der Waals surface area contributed by atoms with Gasteiger partial charge in [-0.05, 0) is 24.2 Å². The van der Waals surface area contributed by atoms with Gasteiger partial charge in [-0.25, -0.2) is 0 Å². The molecule has 1 atom stereocenters. The van der Waals surface area contributed by atoms with E-state index in [0.29, 0.717) is 5.69 Å². The number of carbonyl (C=O) groups excluding carboxylic acids is 1. The van der Waals surface area contributed by atoms with Gasteiger partial charge in [0.05, 0.1) is 0 Å². The first kappa shape index (κ1) is 10.9. The van der Waals surface area contributed by atoms with Crippen molar-refractivity contribution in [2.45, 2.75) is 13.0 Å². The minimum atomic E-state index is -1.49. The molecule has 0 spiro atoms. The van der Waals surface area contributed by atoms with Crippen LogP contribution in [0.5, 0.6) is 0 Å². The van der Waals surface area contributed by atoms with Crippen molar-refractivity contribution >= 4 is 11.6 Å². The summed E-state index contributed by atoms with van der Waals surface area (Å²) >= 11 is 0. The van der Waals surface area contributed by atoms with Crippen molar-refractivity contribution in [1.82, 2.24) is 0 Å². The van der Waals surface area contributed by atoms with Crippen molar-refractivity contribution in [3.63, 3.8) is 0 Å². The second-order valence-electron chi connectivity index (χ2n) is 2.99. The Bertz CT molecular complexity index is 406. The van der Waals surface area contributed by atoms with Gasteiger partial charge in [0.25, 0.3) is 11.9 Å². The smallest absolute Gasteiger partial charge is 0.267 e. The Morgan fingerprint density at radius 1 is 1.47 bits per heavy atom. The van der Waals surface area contributed by atoms with Gasteiger partial charge >= 0.3 is 0 Å². The van der Waals surface area contributed by atoms with E-state index in [-0.39, 0.29) is 0 Å². The van der Waals surface area contributed by atoms with E-state index in [2.05, 4.69) is 10.5 Å². The van der Waals surface area contributed by atoms with Crippen LogP contribution in [0.4, 0.5) is 5.69 Å². The maximum Gasteiger partial charge on any atom is 0.267 e. The van der Waals surface area contributed by atoms with Gasteiger partial charge in [-0.3, -0.25) is 4.79 Å². The van der Waals surface area contributed by atoms with Crippen LogP contribution in [0.25, 0.3) is 0 Å². The number of benzene rings is 1. The van der Waals surface area contributed by atoms with Crippen LogP contribution in [0, 0.1) is 23.2 Å². The van der Waals surface area contributed by atoms with Crippen molar-refractivity contribution in [2.24, 2.45) is 5.18 Å². The van der Waals surface area contributed by atoms with Crippen LogP contribution in [0.1, 0.15) is 5.56 Å². The zero-order valence-electron chi connectivity index (χ0n) is 8.10. The lowest BCUT2D eigenvalue weighted by molar-refractivity contribution is -0.116. The number of nitroso groups, excluding NO2 is 1. The third-order valence-electron chi connectivity index (χ3n) is 1.80. The number of hydrogen-bond donors (Lipinski definition) is 1. The van der Waals surface area contributed by atoms with Crippen molar-refractivity contribution in [1.29, 1.82) is 5.26 Å². The van der Waals surface area contributed by atoms with Crippen molar-refractivity contribution in [2.75, 3.05) is 5.32 Å². The van der Waals surface area contributed by atoms with E-state index in [1.54, 1.807) is 12.1 Å². The number of hydrogen-bond acceptors (Lipinski definition) is 4. The highest BCUT2D eigenvalue weighted by molar-refractivity contribution is 5.96. The maximum absolute atomic E-state index is 11.2. The summed E-state index contributed by atoms with van der Waals surface area (Å²) in [6, 6.07) is 6.99. The zero-order valence-corrected chi connectivity index (χ0v) is 8.10. The Hall–Kier alpha value is -2.22. The maximum atomic E-state index is 11.2. The second-order valence-corrected chi connectivity index (χ2v) is 2.99. The van der Waals surface area contributed by atoms with E-state index in [1.165, 1.54) is 6.07 Å². The molecule has 15 heavy (non-hydrogen) atoms. The summed E-state index contributed by atoms with van der Waals surface area (Å²) in [4.78, 5) is 21.3. The zero-order chi connectivity index (χ0) is 11.3. The number of carbonyl (C=O) groups is 1. The molecule has 5 nitrogen and oxygen atoms in total. The van der Waals surface area contributed by atoms with Crippen molar-refractivity contribution < 1.29 is 4.79 Å². The summed E-state index contributed by atoms with van der Waals surface area (Å²) < 4.78 is 0. The molecule has 0 aromatic heterocycles. The number of rotatable bonds is 3. The molecule has 0 aliphatic rings. The molecule has 1 N–H and O–H groups in total. The summed E-state index contributed by atoms with van der Waals surface area (Å²) in [6.45, 7) is 1.91. The standard InChI is InChI=1S/C10H9N3O2/c1-7-2-4-8(5-3-7)12-10(14)9(6-11)13-15/h2-5,9H,1H3,(H,12,14). The van der Waals surface area contributed by atoms with Gasteiger partial charge in [0.15, 0.2) is 0 Å². The monoisotopic (exact) mass is 203 g/mol. The lowest BCUT2D eigenvalue weighted by Crippen LogP contribution is -2.24. The Morgan fingerprint density at radius 3 is 2.53 bits per heavy atom. The number of amides is 1. The first-order valence-electron chi connectivity index (χ1n) is 4.27. The molecule has 1 aromatic carbocycles. The normalized spacial score (nSPS) is 11.2. The van der Waals surface area contributed by atoms with Gasteiger partial charge in [-0.15, -0.1) is 4.91 Å². The van der Waals surface area contributed by atoms with Gasteiger partial charge in [0, 0.05) is 5.69 Å². The largest absolute Gasteiger partial charge is 0.323 e. The number of nitrogens with zero attached hydrogens (tertiary/aromatic N) is 2. The summed E-state index contributed by atoms with van der Waals surface area (Å²) in [7, 11) is 0. The molecule has 5 heteroatoms. The van der Waals surface area contributed by atoms with Gasteiger partial charge in [-0.1, -0.05) is 17.7 Å². The van der Waals surface area contributed by atoms with Crippen molar-refractivity contribution in [3.05, 3.63) is 34.7 Å². The minimum Gasteiger partial charge on any atom is -0.323 e. The highest BCUT2D eigenvalue weighted by atomic mass is 16.3. The third-order valence-corrected chi connectivity index (χ3v) is 1.80. The van der Waals surface area contributed by atoms with Crippen LogP contribution in [0.2, 0.25) is 0 Å². The number of anilines is 1. The molecule has 0 aliphatic carbocycles. The van der Waals surface area contributed by atoms with Crippen LogP contribution in [0.15, 0.2) is 29.4 Å². The molecule has 0 saturated heterocycles. The third kappa shape index (κ3) is 2.88. The van der Waals surface area contributed by atoms with E-state index in [0.717, 1.165) is 5.56 Å². The number of nitriles is 1. The van der Waals surface area contributed by atoms with Crippen LogP contribution < -0.4 is 5.32 Å². The summed E-state index contributed by atoms with van der Waals surface area (Å²) in [5.74, 6) is -0.712. The first-order valence-corrected chi connectivity index (χ1v) is 4.27. The number of nitrogens with one attached hydrogen (secondary N) is 1. The van der Waals surface area contributed by atoms with E-state index in [9.17, 15) is 9.70 Å². The molecule has 0 fully saturated rings. The average molecular weight is 203 g/mol. The summed E-state index contributed by atoms with van der Waals surface area (Å²) in [6.07, 6.45) is 0. The van der Waals surface area contributed by atoms with Gasteiger partial charge in [0.1, 0.15) is 6.07 Å². The Balaban J connectivity index is 2.71. The average Bonchev–Trinajstić information content (AvgIpc) is 2.23. The Morgan fingerprint density at radius 2 is 2.07 bits per heavy atom. The molecule has 1 unspecified atom stereocenters. The van der Waals surface area contributed by atoms with E-state index < -0.39 is 11.9 Å². The topological polar surface area (TPSA) is 82.3 Å². The molecular weight excluding hydrogens is 194 g/mol. The Kier molecular flexibility index (Phi) is 3.52. The lowest BCUT2D eigenvalue weighted by Gasteiger charge is -2.04. The lowest BCUT2D eigenvalue weighted by atomic mass is 10.2. The van der Waals surface area contributed by atoms with E-state index in [4.69, 9.17) is 5.26 Å². The molecule has 1 aromatic rings. The molecule has 0 bridgehead atoms. The summed E-state index contributed by atoms with van der Waals surface area (Å²) in [5, 5.41) is 13.2. The summed E-state index contributed by atoms with van der Waals surface area (Å²) in [5.41, 5.74) is 1.59. The van der Waals surface area contributed by atoms with Crippen LogP contribution in [-0.4, -0.2) is 11.9 Å². The molecule has 1 rings (SSSR count). The molecule has 0 aliphatic heterocycles. The highest BCUT2D eigenvalue weighted by Crippen LogP contribution is 2.09. The van der Waals surface area contributed by atoms with Crippen LogP contribution in [-0.2, 0) is 4.79 Å². The molecule has 0 heterocycles. The molecular formula is C10H9N3O2. The second kappa shape index (κ2) is 4.86. The van der Waals surface area contributed by atoms with E-state index >= 15 is 0 Å². The molecule has 0 saturated carbocycles. The van der Waals surface area contributed by atoms with Crippen LogP contribution >= 0.6 is 0 Å². The first-order chi connectivity index (χ1) is 7.17. The molecule has 1 amide bonds. The predicted octanol–water partition coefficient (Wildman–Crippen LogP) is 1.59. The van der Waals surface area contributed by atoms with Gasteiger partial charge < -0.3 is 5.32 Å². The highest BCUT2D eigenvalue weighted by Gasteiger charge is 2.17. The number of aryl methyl sites for hydroxylation is 1. The van der Waals surface area contributed by atoms with Crippen molar-refractivity contribution in [3.8, 4) is 6.07 Å². The quantitative estimate of drug-likeness (QED) is 0.757. The fourth-order valence-electron chi connectivity index (χ4n) is 0.978. The Labute approximate surface area is 86.7 Å². The minimum absolute atomic E-state index is 0.537. The fourth-order valence-corrected chi connectivity index (χ4v) is 0.978. The van der Waals surface area contributed by atoms with Gasteiger partial charge in [0.2, 0.25) is 0 Å². The van der Waals surface area contributed by atoms with Crippen LogP contribution in [0.3, 0.4) is 0 Å².